The number of carbonyl (C=O) groups excluding carboxylic acids is 2. The van der Waals surface area contributed by atoms with E-state index < -0.39 is 11.8 Å². The van der Waals surface area contributed by atoms with Gasteiger partial charge in [0.25, 0.3) is 11.8 Å². The molecule has 98 valence electrons. The molecule has 0 aromatic carbocycles. The fourth-order valence-electron chi connectivity index (χ4n) is 1.54. The lowest BCUT2D eigenvalue weighted by Crippen LogP contribution is -2.53. The number of carbonyl (C=O) groups is 2. The van der Waals surface area contributed by atoms with Crippen molar-refractivity contribution >= 4 is 51.2 Å². The highest BCUT2D eigenvalue weighted by molar-refractivity contribution is 9.10. The molecule has 2 rings (SSSR count). The summed E-state index contributed by atoms with van der Waals surface area (Å²) in [7, 11) is 0. The number of nitrogens with zero attached hydrogens (tertiary/aromatic N) is 1. The topological polar surface area (TPSA) is 62.6 Å². The summed E-state index contributed by atoms with van der Waals surface area (Å²) in [5.74, 6) is -0.610. The fraction of sp³-hybridized carbons (Fsp3) is 0.0833. The first-order valence-electron chi connectivity index (χ1n) is 5.28. The molecule has 5 nitrogen and oxygen atoms in total. The van der Waals surface area contributed by atoms with E-state index in [0.29, 0.717) is 10.4 Å². The van der Waals surface area contributed by atoms with Crippen molar-refractivity contribution in [2.75, 3.05) is 6.54 Å². The van der Waals surface area contributed by atoms with Crippen molar-refractivity contribution in [3.05, 3.63) is 40.8 Å². The summed E-state index contributed by atoms with van der Waals surface area (Å²) in [6.45, 7) is 3.78. The number of hydrogen-bond acceptors (Lipinski definition) is 4. The van der Waals surface area contributed by atoms with Gasteiger partial charge in [0, 0.05) is 6.54 Å². The van der Waals surface area contributed by atoms with E-state index in [4.69, 9.17) is 16.6 Å². The standard InChI is InChI=1S/C12H9BrN2O3S/c1-2-5-15-11(17)8(10(16)14-12(15)19)6-7-3-4-9(13)18-7/h2-4,6H,1,5H2,(H,14,16,19). The SMILES string of the molecule is C=CCN1C(=O)C(=Cc2ccc(Br)o2)C(=O)NC1=S. The Kier molecular flexibility index (Phi) is 3.96. The molecule has 0 radical (unpaired) electrons. The van der Waals surface area contributed by atoms with Gasteiger partial charge in [-0.3, -0.25) is 19.8 Å². The first kappa shape index (κ1) is 13.7. The Morgan fingerprint density at radius 1 is 1.47 bits per heavy atom. The van der Waals surface area contributed by atoms with Crippen LogP contribution in [0.5, 0.6) is 0 Å². The summed E-state index contributed by atoms with van der Waals surface area (Å²) in [4.78, 5) is 25.2. The van der Waals surface area contributed by atoms with E-state index in [9.17, 15) is 9.59 Å². The number of halogens is 1. The minimum absolute atomic E-state index is 0.0303. The molecule has 0 unspecified atom stereocenters. The second-order valence-corrected chi connectivity index (χ2v) is 4.83. The van der Waals surface area contributed by atoms with E-state index >= 15 is 0 Å². The highest BCUT2D eigenvalue weighted by Crippen LogP contribution is 2.19. The molecule has 1 aliphatic heterocycles. The van der Waals surface area contributed by atoms with Crippen molar-refractivity contribution in [2.24, 2.45) is 0 Å². The van der Waals surface area contributed by atoms with E-state index in [-0.39, 0.29) is 17.2 Å². The van der Waals surface area contributed by atoms with Gasteiger partial charge in [0.2, 0.25) is 0 Å². The molecular weight excluding hydrogens is 332 g/mol. The van der Waals surface area contributed by atoms with E-state index in [1.54, 1.807) is 12.1 Å². The van der Waals surface area contributed by atoms with Gasteiger partial charge in [0.05, 0.1) is 0 Å². The first-order valence-corrected chi connectivity index (χ1v) is 6.48. The molecule has 1 fully saturated rings. The van der Waals surface area contributed by atoms with Crippen molar-refractivity contribution in [1.82, 2.24) is 10.2 Å². The Morgan fingerprint density at radius 3 is 2.79 bits per heavy atom. The zero-order valence-corrected chi connectivity index (χ0v) is 12.1. The van der Waals surface area contributed by atoms with Crippen LogP contribution in [0.25, 0.3) is 6.08 Å². The minimum atomic E-state index is -0.539. The molecule has 0 atom stereocenters. The van der Waals surface area contributed by atoms with Gasteiger partial charge in [-0.25, -0.2) is 0 Å². The molecule has 7 heteroatoms. The van der Waals surface area contributed by atoms with Crippen LogP contribution in [-0.2, 0) is 9.59 Å². The van der Waals surface area contributed by atoms with Gasteiger partial charge < -0.3 is 4.42 Å². The van der Waals surface area contributed by atoms with Gasteiger partial charge in [0.15, 0.2) is 9.78 Å². The summed E-state index contributed by atoms with van der Waals surface area (Å²) < 4.78 is 5.76. The summed E-state index contributed by atoms with van der Waals surface area (Å²) in [6.07, 6.45) is 2.91. The van der Waals surface area contributed by atoms with Crippen LogP contribution in [0.4, 0.5) is 0 Å². The first-order chi connectivity index (χ1) is 9.02. The van der Waals surface area contributed by atoms with Crippen molar-refractivity contribution < 1.29 is 14.0 Å². The second-order valence-electron chi connectivity index (χ2n) is 3.66. The van der Waals surface area contributed by atoms with E-state index in [0.717, 1.165) is 0 Å². The van der Waals surface area contributed by atoms with Crippen molar-refractivity contribution in [1.29, 1.82) is 0 Å². The zero-order valence-electron chi connectivity index (χ0n) is 9.68. The van der Waals surface area contributed by atoms with Crippen molar-refractivity contribution in [3.8, 4) is 0 Å². The Morgan fingerprint density at radius 2 is 2.21 bits per heavy atom. The maximum absolute atomic E-state index is 12.2. The molecule has 1 saturated heterocycles. The van der Waals surface area contributed by atoms with Crippen LogP contribution in [0.15, 0.2) is 39.4 Å². The van der Waals surface area contributed by atoms with Gasteiger partial charge in [0.1, 0.15) is 11.3 Å². The molecule has 1 aliphatic rings. The summed E-state index contributed by atoms with van der Waals surface area (Å²) in [6, 6.07) is 3.31. The van der Waals surface area contributed by atoms with E-state index in [1.807, 2.05) is 0 Å². The molecule has 2 amide bonds. The van der Waals surface area contributed by atoms with Crippen molar-refractivity contribution in [2.45, 2.75) is 0 Å². The number of nitrogens with one attached hydrogen (secondary N) is 1. The number of rotatable bonds is 3. The lowest BCUT2D eigenvalue weighted by atomic mass is 10.1. The van der Waals surface area contributed by atoms with Crippen LogP contribution in [0.2, 0.25) is 0 Å². The van der Waals surface area contributed by atoms with E-state index in [2.05, 4.69) is 27.8 Å². The summed E-state index contributed by atoms with van der Waals surface area (Å²) in [5, 5.41) is 2.53. The average molecular weight is 341 g/mol. The van der Waals surface area contributed by atoms with Crippen LogP contribution < -0.4 is 5.32 Å². The molecular formula is C12H9BrN2O3S. The molecule has 2 heterocycles. The third kappa shape index (κ3) is 2.82. The van der Waals surface area contributed by atoms with Gasteiger partial charge >= 0.3 is 0 Å². The highest BCUT2D eigenvalue weighted by Gasteiger charge is 2.32. The third-order valence-electron chi connectivity index (χ3n) is 2.38. The van der Waals surface area contributed by atoms with Gasteiger partial charge in [-0.05, 0) is 46.4 Å². The lowest BCUT2D eigenvalue weighted by molar-refractivity contribution is -0.128. The quantitative estimate of drug-likeness (QED) is 0.395. The van der Waals surface area contributed by atoms with Crippen LogP contribution in [0, 0.1) is 0 Å². The molecule has 19 heavy (non-hydrogen) atoms. The van der Waals surface area contributed by atoms with Crippen LogP contribution in [0.1, 0.15) is 5.76 Å². The minimum Gasteiger partial charge on any atom is -0.450 e. The predicted octanol–water partition coefficient (Wildman–Crippen LogP) is 1.85. The second kappa shape index (κ2) is 5.50. The molecule has 1 aromatic heterocycles. The molecule has 1 aromatic rings. The fourth-order valence-corrected chi connectivity index (χ4v) is 2.11. The summed E-state index contributed by atoms with van der Waals surface area (Å²) in [5.41, 5.74) is -0.0303. The predicted molar refractivity (Wildman–Crippen MR) is 77.0 cm³/mol. The normalized spacial score (nSPS) is 17.8. The smallest absolute Gasteiger partial charge is 0.266 e. The van der Waals surface area contributed by atoms with E-state index in [1.165, 1.54) is 17.1 Å². The van der Waals surface area contributed by atoms with Crippen LogP contribution in [0.3, 0.4) is 0 Å². The molecule has 0 spiro atoms. The number of amides is 2. The van der Waals surface area contributed by atoms with Gasteiger partial charge in [-0.15, -0.1) is 6.58 Å². The number of furan rings is 1. The van der Waals surface area contributed by atoms with Gasteiger partial charge in [-0.1, -0.05) is 6.08 Å². The Balaban J connectivity index is 2.35. The van der Waals surface area contributed by atoms with Crippen LogP contribution in [-0.4, -0.2) is 28.4 Å². The largest absolute Gasteiger partial charge is 0.450 e. The van der Waals surface area contributed by atoms with Crippen molar-refractivity contribution in [3.63, 3.8) is 0 Å². The number of thiocarbonyl (C=S) groups is 1. The molecule has 1 N–H and O–H groups in total. The van der Waals surface area contributed by atoms with Crippen LogP contribution >= 0.6 is 28.1 Å². The Bertz CT molecular complexity index is 606. The maximum atomic E-state index is 12.2. The monoisotopic (exact) mass is 340 g/mol. The zero-order chi connectivity index (χ0) is 14.0. The summed E-state index contributed by atoms with van der Waals surface area (Å²) >= 11 is 8.08. The number of hydrogen-bond donors (Lipinski definition) is 1. The Hall–Kier alpha value is -1.73. The lowest BCUT2D eigenvalue weighted by Gasteiger charge is -2.27. The molecule has 0 saturated carbocycles. The Labute approximate surface area is 123 Å². The molecule has 0 bridgehead atoms. The highest BCUT2D eigenvalue weighted by atomic mass is 79.9. The molecule has 0 aliphatic carbocycles. The third-order valence-corrected chi connectivity index (χ3v) is 3.13. The average Bonchev–Trinajstić information content (AvgIpc) is 2.76. The van der Waals surface area contributed by atoms with Gasteiger partial charge in [-0.2, -0.15) is 0 Å². The maximum Gasteiger partial charge on any atom is 0.266 e.